The Labute approximate surface area is 85.8 Å². The van der Waals surface area contributed by atoms with Gasteiger partial charge in [-0.1, -0.05) is 12.1 Å². The average Bonchev–Trinajstić information content (AvgIpc) is 2.68. The Balaban J connectivity index is 2.37. The molecular formula is C10H9N3O2. The summed E-state index contributed by atoms with van der Waals surface area (Å²) < 4.78 is 0.867. The number of aromatic nitrogens is 2. The van der Waals surface area contributed by atoms with Gasteiger partial charge in [-0.05, 0) is 18.2 Å². The molecule has 0 atom stereocenters. The van der Waals surface area contributed by atoms with Gasteiger partial charge in [-0.3, -0.25) is 0 Å². The van der Waals surface area contributed by atoms with Crippen LogP contribution in [0.2, 0.25) is 0 Å². The Hall–Kier alpha value is -2.30. The summed E-state index contributed by atoms with van der Waals surface area (Å²) in [4.78, 5) is 10.6. The van der Waals surface area contributed by atoms with Gasteiger partial charge in [0.1, 0.15) is 0 Å². The first-order valence-corrected chi connectivity index (χ1v) is 4.32. The van der Waals surface area contributed by atoms with Gasteiger partial charge >= 0.3 is 6.09 Å². The topological polar surface area (TPSA) is 81.1 Å². The minimum atomic E-state index is -1.10. The molecule has 0 aliphatic heterocycles. The molecule has 0 bridgehead atoms. The Bertz CT molecular complexity index is 488. The molecule has 0 saturated heterocycles. The first kappa shape index (κ1) is 9.26. The zero-order valence-corrected chi connectivity index (χ0v) is 7.79. The van der Waals surface area contributed by atoms with Crippen molar-refractivity contribution in [3.63, 3.8) is 0 Å². The van der Waals surface area contributed by atoms with Gasteiger partial charge in [0, 0.05) is 17.4 Å². The standard InChI is InChI=1S/C10H9N3O2/c11-8-3-1-7(2-4-8)9-5-6-13(12-9)10(14)15/h1-6H,11H2,(H,14,15). The van der Waals surface area contributed by atoms with Crippen LogP contribution >= 0.6 is 0 Å². The molecule has 0 amide bonds. The van der Waals surface area contributed by atoms with Gasteiger partial charge in [-0.15, -0.1) is 0 Å². The number of anilines is 1. The molecule has 15 heavy (non-hydrogen) atoms. The third kappa shape index (κ3) is 1.80. The fraction of sp³-hybridized carbons (Fsp3) is 0. The Morgan fingerprint density at radius 1 is 1.27 bits per heavy atom. The van der Waals surface area contributed by atoms with Crippen molar-refractivity contribution in [1.82, 2.24) is 9.78 Å². The summed E-state index contributed by atoms with van der Waals surface area (Å²) >= 11 is 0. The van der Waals surface area contributed by atoms with Crippen LogP contribution in [0.25, 0.3) is 11.3 Å². The highest BCUT2D eigenvalue weighted by Gasteiger charge is 2.05. The maximum Gasteiger partial charge on any atom is 0.432 e. The Morgan fingerprint density at radius 3 is 2.47 bits per heavy atom. The lowest BCUT2D eigenvalue weighted by molar-refractivity contribution is 0.192. The summed E-state index contributed by atoms with van der Waals surface area (Å²) in [5.74, 6) is 0. The summed E-state index contributed by atoms with van der Waals surface area (Å²) in [6.07, 6.45) is 0.297. The molecule has 1 heterocycles. The number of rotatable bonds is 1. The fourth-order valence-electron chi connectivity index (χ4n) is 1.24. The first-order chi connectivity index (χ1) is 7.16. The third-order valence-corrected chi connectivity index (χ3v) is 1.99. The zero-order valence-electron chi connectivity index (χ0n) is 7.79. The molecule has 0 fully saturated rings. The molecule has 5 heteroatoms. The Kier molecular flexibility index (Phi) is 2.13. The van der Waals surface area contributed by atoms with E-state index in [1.165, 1.54) is 6.20 Å². The van der Waals surface area contributed by atoms with Crippen molar-refractivity contribution in [2.45, 2.75) is 0 Å². The Morgan fingerprint density at radius 2 is 1.93 bits per heavy atom. The molecule has 0 unspecified atom stereocenters. The molecule has 0 spiro atoms. The normalized spacial score (nSPS) is 10.1. The van der Waals surface area contributed by atoms with Crippen molar-refractivity contribution in [2.75, 3.05) is 5.73 Å². The van der Waals surface area contributed by atoms with E-state index in [2.05, 4.69) is 5.10 Å². The van der Waals surface area contributed by atoms with Crippen molar-refractivity contribution in [2.24, 2.45) is 0 Å². The smallest absolute Gasteiger partial charge is 0.432 e. The SMILES string of the molecule is Nc1ccc(-c2ccn(C(=O)O)n2)cc1. The minimum absolute atomic E-state index is 0.609. The molecular weight excluding hydrogens is 194 g/mol. The van der Waals surface area contributed by atoms with Gasteiger partial charge < -0.3 is 10.8 Å². The van der Waals surface area contributed by atoms with Crippen LogP contribution in [-0.2, 0) is 0 Å². The van der Waals surface area contributed by atoms with Gasteiger partial charge in [0.2, 0.25) is 0 Å². The highest BCUT2D eigenvalue weighted by atomic mass is 16.4. The molecule has 0 radical (unpaired) electrons. The molecule has 0 aliphatic carbocycles. The van der Waals surface area contributed by atoms with E-state index in [-0.39, 0.29) is 0 Å². The summed E-state index contributed by atoms with van der Waals surface area (Å²) in [5.41, 5.74) is 7.65. The van der Waals surface area contributed by atoms with Crippen molar-refractivity contribution < 1.29 is 9.90 Å². The lowest BCUT2D eigenvalue weighted by Crippen LogP contribution is -2.07. The van der Waals surface area contributed by atoms with Crippen molar-refractivity contribution >= 4 is 11.8 Å². The second-order valence-electron chi connectivity index (χ2n) is 3.05. The van der Waals surface area contributed by atoms with Gasteiger partial charge in [-0.25, -0.2) is 4.79 Å². The maximum absolute atomic E-state index is 10.6. The molecule has 76 valence electrons. The van der Waals surface area contributed by atoms with E-state index >= 15 is 0 Å². The quantitative estimate of drug-likeness (QED) is 0.690. The maximum atomic E-state index is 10.6. The van der Waals surface area contributed by atoms with Crippen LogP contribution in [0.1, 0.15) is 0 Å². The van der Waals surface area contributed by atoms with Crippen molar-refractivity contribution in [3.05, 3.63) is 36.5 Å². The van der Waals surface area contributed by atoms with Crippen molar-refractivity contribution in [1.29, 1.82) is 0 Å². The molecule has 3 N–H and O–H groups in total. The predicted molar refractivity (Wildman–Crippen MR) is 55.5 cm³/mol. The summed E-state index contributed by atoms with van der Waals surface area (Å²) in [6.45, 7) is 0. The average molecular weight is 203 g/mol. The fourth-order valence-corrected chi connectivity index (χ4v) is 1.24. The molecule has 1 aromatic heterocycles. The summed E-state index contributed by atoms with van der Waals surface area (Å²) in [6, 6.07) is 8.72. The second kappa shape index (κ2) is 3.45. The molecule has 0 aliphatic rings. The number of carboxylic acid groups (broad SMARTS) is 1. The number of nitrogens with two attached hydrogens (primary N) is 1. The van der Waals surface area contributed by atoms with E-state index in [1.54, 1.807) is 30.3 Å². The van der Waals surface area contributed by atoms with E-state index in [4.69, 9.17) is 10.8 Å². The van der Waals surface area contributed by atoms with Gasteiger partial charge in [0.15, 0.2) is 0 Å². The zero-order chi connectivity index (χ0) is 10.8. The number of nitrogen functional groups attached to an aromatic ring is 1. The molecule has 2 aromatic rings. The van der Waals surface area contributed by atoms with Gasteiger partial charge in [-0.2, -0.15) is 9.78 Å². The summed E-state index contributed by atoms with van der Waals surface area (Å²) in [7, 11) is 0. The van der Waals surface area contributed by atoms with Crippen LogP contribution in [0.5, 0.6) is 0 Å². The predicted octanol–water partition coefficient (Wildman–Crippen LogP) is 1.66. The minimum Gasteiger partial charge on any atom is -0.463 e. The van der Waals surface area contributed by atoms with E-state index in [9.17, 15) is 4.79 Å². The lowest BCUT2D eigenvalue weighted by atomic mass is 10.1. The highest BCUT2D eigenvalue weighted by Crippen LogP contribution is 2.17. The number of hydrogen-bond acceptors (Lipinski definition) is 3. The van der Waals surface area contributed by atoms with Crippen LogP contribution < -0.4 is 5.73 Å². The number of nitrogens with zero attached hydrogens (tertiary/aromatic N) is 2. The van der Waals surface area contributed by atoms with Gasteiger partial charge in [0.05, 0.1) is 5.69 Å². The molecule has 1 aromatic carbocycles. The number of hydrogen-bond donors (Lipinski definition) is 2. The second-order valence-corrected chi connectivity index (χ2v) is 3.05. The van der Waals surface area contributed by atoms with Crippen LogP contribution in [0.4, 0.5) is 10.5 Å². The van der Waals surface area contributed by atoms with E-state index in [0.29, 0.717) is 11.4 Å². The molecule has 5 nitrogen and oxygen atoms in total. The van der Waals surface area contributed by atoms with Crippen LogP contribution in [-0.4, -0.2) is 21.0 Å². The monoisotopic (exact) mass is 203 g/mol. The van der Waals surface area contributed by atoms with E-state index < -0.39 is 6.09 Å². The third-order valence-electron chi connectivity index (χ3n) is 1.99. The van der Waals surface area contributed by atoms with Crippen LogP contribution in [0.3, 0.4) is 0 Å². The van der Waals surface area contributed by atoms with Crippen molar-refractivity contribution in [3.8, 4) is 11.3 Å². The lowest BCUT2D eigenvalue weighted by Gasteiger charge is -1.96. The number of carbonyl (C=O) groups is 1. The molecule has 0 saturated carbocycles. The van der Waals surface area contributed by atoms with E-state index in [1.807, 2.05) is 0 Å². The summed E-state index contributed by atoms with van der Waals surface area (Å²) in [5, 5.41) is 12.6. The number of benzene rings is 1. The highest BCUT2D eigenvalue weighted by molar-refractivity contribution is 5.69. The first-order valence-electron chi connectivity index (χ1n) is 4.32. The van der Waals surface area contributed by atoms with Gasteiger partial charge in [0.25, 0.3) is 0 Å². The van der Waals surface area contributed by atoms with Crippen LogP contribution in [0.15, 0.2) is 36.5 Å². The molecule has 2 rings (SSSR count). The largest absolute Gasteiger partial charge is 0.463 e. The van der Waals surface area contributed by atoms with E-state index in [0.717, 1.165) is 10.2 Å². The van der Waals surface area contributed by atoms with Crippen LogP contribution in [0, 0.1) is 0 Å².